The van der Waals surface area contributed by atoms with E-state index in [1.807, 2.05) is 54.6 Å². The van der Waals surface area contributed by atoms with E-state index in [2.05, 4.69) is 5.32 Å². The van der Waals surface area contributed by atoms with Gasteiger partial charge in [-0.15, -0.1) is 0 Å². The lowest BCUT2D eigenvalue weighted by Crippen LogP contribution is -2.43. The second kappa shape index (κ2) is 9.71. The fourth-order valence-corrected chi connectivity index (χ4v) is 3.85. The first-order chi connectivity index (χ1) is 15.9. The molecular formula is C26H21ClN2O4. The summed E-state index contributed by atoms with van der Waals surface area (Å²) in [6.07, 6.45) is -0.146. The number of carbonyl (C=O) groups excluding carboxylic acids is 1. The van der Waals surface area contributed by atoms with Crippen molar-refractivity contribution in [3.63, 3.8) is 0 Å². The Bertz CT molecular complexity index is 1360. The number of fused-ring (bicyclic) bond motifs is 1. The minimum atomic E-state index is -1.27. The van der Waals surface area contributed by atoms with Crippen LogP contribution >= 0.6 is 11.6 Å². The lowest BCUT2D eigenvalue weighted by molar-refractivity contribution is -0.139. The van der Waals surface area contributed by atoms with Crippen molar-refractivity contribution >= 4 is 34.4 Å². The number of nitrogens with zero attached hydrogens (tertiary/aromatic N) is 1. The van der Waals surface area contributed by atoms with Crippen LogP contribution in [0, 0.1) is 0 Å². The number of aliphatic carboxylic acids is 1. The highest BCUT2D eigenvalue weighted by Gasteiger charge is 2.23. The minimum absolute atomic E-state index is 0.146. The maximum atomic E-state index is 13.4. The van der Waals surface area contributed by atoms with Crippen molar-refractivity contribution in [3.8, 4) is 0 Å². The molecule has 0 aliphatic heterocycles. The first-order valence-corrected chi connectivity index (χ1v) is 10.7. The summed E-state index contributed by atoms with van der Waals surface area (Å²) in [4.78, 5) is 37.9. The van der Waals surface area contributed by atoms with E-state index >= 15 is 0 Å². The van der Waals surface area contributed by atoms with Crippen LogP contribution < -0.4 is 10.9 Å². The van der Waals surface area contributed by atoms with Gasteiger partial charge in [0.15, 0.2) is 0 Å². The molecule has 166 valence electrons. The van der Waals surface area contributed by atoms with Gasteiger partial charge in [0.2, 0.25) is 0 Å². The lowest BCUT2D eigenvalue weighted by atomic mass is 10.0. The van der Waals surface area contributed by atoms with Crippen LogP contribution in [0.4, 0.5) is 0 Å². The van der Waals surface area contributed by atoms with E-state index in [9.17, 15) is 19.5 Å². The van der Waals surface area contributed by atoms with Crippen LogP contribution in [0.15, 0.2) is 89.7 Å². The molecule has 3 aromatic carbocycles. The molecule has 1 heterocycles. The number of amides is 1. The Kier molecular flexibility index (Phi) is 6.56. The highest BCUT2D eigenvalue weighted by atomic mass is 35.5. The smallest absolute Gasteiger partial charge is 0.326 e. The Balaban J connectivity index is 1.68. The van der Waals surface area contributed by atoms with E-state index in [-0.39, 0.29) is 17.5 Å². The number of carboxylic acids is 1. The molecule has 0 aliphatic carbocycles. The first kappa shape index (κ1) is 22.3. The number of halogens is 1. The SMILES string of the molecule is O=C(NC(Cc1cc2ccccc2n(Cc2ccccc2)c1=O)C(=O)O)c1ccc(Cl)cc1. The molecule has 7 heteroatoms. The third-order valence-corrected chi connectivity index (χ3v) is 5.65. The number of rotatable bonds is 7. The third kappa shape index (κ3) is 5.13. The summed E-state index contributed by atoms with van der Waals surface area (Å²) >= 11 is 5.85. The molecule has 0 aliphatic rings. The number of para-hydroxylation sites is 1. The van der Waals surface area contributed by atoms with Gasteiger partial charge in [-0.05, 0) is 47.3 Å². The van der Waals surface area contributed by atoms with Gasteiger partial charge in [-0.2, -0.15) is 0 Å². The summed E-state index contributed by atoms with van der Waals surface area (Å²) in [7, 11) is 0. The Hall–Kier alpha value is -3.90. The van der Waals surface area contributed by atoms with Crippen molar-refractivity contribution in [2.24, 2.45) is 0 Å². The molecule has 0 spiro atoms. The summed E-state index contributed by atoms with van der Waals surface area (Å²) in [5, 5.41) is 13.5. The standard InChI is InChI=1S/C26H21ClN2O4/c27-21-12-10-18(11-13-21)24(30)28-22(26(32)33)15-20-14-19-8-4-5-9-23(19)29(25(20)31)16-17-6-2-1-3-7-17/h1-14,22H,15-16H2,(H,28,30)(H,32,33). The molecular weight excluding hydrogens is 440 g/mol. The van der Waals surface area contributed by atoms with Crippen molar-refractivity contribution in [1.82, 2.24) is 9.88 Å². The summed E-state index contributed by atoms with van der Waals surface area (Å²) in [5.41, 5.74) is 2.02. The summed E-state index contributed by atoms with van der Waals surface area (Å²) in [5.74, 6) is -1.77. The number of aromatic nitrogens is 1. The molecule has 33 heavy (non-hydrogen) atoms. The zero-order valence-corrected chi connectivity index (χ0v) is 18.3. The molecule has 4 rings (SSSR count). The fraction of sp³-hybridized carbons (Fsp3) is 0.115. The average molecular weight is 461 g/mol. The van der Waals surface area contributed by atoms with E-state index in [0.29, 0.717) is 17.1 Å². The highest BCUT2D eigenvalue weighted by molar-refractivity contribution is 6.30. The molecule has 0 radical (unpaired) electrons. The second-order valence-corrected chi connectivity index (χ2v) is 8.12. The number of pyridine rings is 1. The van der Waals surface area contributed by atoms with Crippen molar-refractivity contribution in [2.75, 3.05) is 0 Å². The molecule has 1 amide bonds. The van der Waals surface area contributed by atoms with Crippen LogP contribution in [0.25, 0.3) is 10.9 Å². The molecule has 0 fully saturated rings. The molecule has 1 aromatic heterocycles. The van der Waals surface area contributed by atoms with E-state index in [1.165, 1.54) is 12.1 Å². The predicted octanol–water partition coefficient (Wildman–Crippen LogP) is 4.13. The molecule has 4 aromatic rings. The van der Waals surface area contributed by atoms with Gasteiger partial charge in [0.05, 0.1) is 12.1 Å². The van der Waals surface area contributed by atoms with E-state index in [1.54, 1.807) is 22.8 Å². The van der Waals surface area contributed by atoms with Gasteiger partial charge in [0, 0.05) is 22.6 Å². The Morgan fingerprint density at radius 2 is 1.61 bits per heavy atom. The van der Waals surface area contributed by atoms with E-state index < -0.39 is 17.9 Å². The number of nitrogens with one attached hydrogen (secondary N) is 1. The predicted molar refractivity (Wildman–Crippen MR) is 128 cm³/mol. The van der Waals surface area contributed by atoms with Crippen LogP contribution in [-0.2, 0) is 17.8 Å². The van der Waals surface area contributed by atoms with Gasteiger partial charge in [0.25, 0.3) is 11.5 Å². The number of hydrogen-bond acceptors (Lipinski definition) is 3. The van der Waals surface area contributed by atoms with E-state index in [0.717, 1.165) is 16.5 Å². The summed E-state index contributed by atoms with van der Waals surface area (Å²) in [6, 6.07) is 23.6. The topological polar surface area (TPSA) is 88.4 Å². The molecule has 0 saturated carbocycles. The number of hydrogen-bond donors (Lipinski definition) is 2. The largest absolute Gasteiger partial charge is 0.480 e. The number of carbonyl (C=O) groups is 2. The molecule has 0 bridgehead atoms. The van der Waals surface area contributed by atoms with Crippen molar-refractivity contribution in [3.05, 3.63) is 117 Å². The van der Waals surface area contributed by atoms with Gasteiger partial charge in [-0.25, -0.2) is 4.79 Å². The summed E-state index contributed by atoms with van der Waals surface area (Å²) in [6.45, 7) is 0.350. The van der Waals surface area contributed by atoms with Crippen LogP contribution in [0.1, 0.15) is 21.5 Å². The quantitative estimate of drug-likeness (QED) is 0.434. The Morgan fingerprint density at radius 3 is 2.30 bits per heavy atom. The monoisotopic (exact) mass is 460 g/mol. The first-order valence-electron chi connectivity index (χ1n) is 10.4. The number of benzene rings is 3. The van der Waals surface area contributed by atoms with E-state index in [4.69, 9.17) is 11.6 Å². The van der Waals surface area contributed by atoms with Crippen LogP contribution in [0.3, 0.4) is 0 Å². The normalized spacial score (nSPS) is 11.8. The van der Waals surface area contributed by atoms with Crippen LogP contribution in [0.2, 0.25) is 5.02 Å². The minimum Gasteiger partial charge on any atom is -0.480 e. The zero-order chi connectivity index (χ0) is 23.4. The maximum Gasteiger partial charge on any atom is 0.326 e. The average Bonchev–Trinajstić information content (AvgIpc) is 2.82. The molecule has 2 N–H and O–H groups in total. The van der Waals surface area contributed by atoms with Crippen molar-refractivity contribution in [2.45, 2.75) is 19.0 Å². The van der Waals surface area contributed by atoms with Crippen LogP contribution in [-0.4, -0.2) is 27.6 Å². The molecule has 0 saturated heterocycles. The molecule has 1 unspecified atom stereocenters. The van der Waals surface area contributed by atoms with Crippen LogP contribution in [0.5, 0.6) is 0 Å². The fourth-order valence-electron chi connectivity index (χ4n) is 3.72. The van der Waals surface area contributed by atoms with Gasteiger partial charge < -0.3 is 15.0 Å². The lowest BCUT2D eigenvalue weighted by Gasteiger charge is -2.17. The maximum absolute atomic E-state index is 13.4. The molecule has 6 nitrogen and oxygen atoms in total. The summed E-state index contributed by atoms with van der Waals surface area (Å²) < 4.78 is 1.64. The van der Waals surface area contributed by atoms with Gasteiger partial charge in [0.1, 0.15) is 6.04 Å². The van der Waals surface area contributed by atoms with Gasteiger partial charge in [-0.3, -0.25) is 9.59 Å². The zero-order valence-electron chi connectivity index (χ0n) is 17.6. The van der Waals surface area contributed by atoms with Crippen molar-refractivity contribution < 1.29 is 14.7 Å². The highest BCUT2D eigenvalue weighted by Crippen LogP contribution is 2.16. The Morgan fingerprint density at radius 1 is 0.939 bits per heavy atom. The molecule has 1 atom stereocenters. The van der Waals surface area contributed by atoms with Gasteiger partial charge in [-0.1, -0.05) is 60.1 Å². The van der Waals surface area contributed by atoms with Crippen molar-refractivity contribution in [1.29, 1.82) is 0 Å². The third-order valence-electron chi connectivity index (χ3n) is 5.39. The Labute approximate surface area is 195 Å². The van der Waals surface area contributed by atoms with Gasteiger partial charge >= 0.3 is 5.97 Å². The second-order valence-electron chi connectivity index (χ2n) is 7.68. The number of carboxylic acid groups (broad SMARTS) is 1.